The summed E-state index contributed by atoms with van der Waals surface area (Å²) in [7, 11) is -5.01. The van der Waals surface area contributed by atoms with Crippen LogP contribution >= 0.6 is 0 Å². The minimum atomic E-state index is -5.01. The maximum atomic E-state index is 11.3. The fourth-order valence-electron chi connectivity index (χ4n) is 2.88. The van der Waals surface area contributed by atoms with Gasteiger partial charge in [-0.05, 0) is 20.3 Å². The Labute approximate surface area is 205 Å². The largest absolute Gasteiger partial charge is 1.00 e. The van der Waals surface area contributed by atoms with Crippen molar-refractivity contribution < 1.29 is 65.7 Å². The molecule has 0 atom stereocenters. The van der Waals surface area contributed by atoms with Gasteiger partial charge < -0.3 is 23.5 Å². The van der Waals surface area contributed by atoms with Crippen molar-refractivity contribution in [1.29, 1.82) is 0 Å². The summed E-state index contributed by atoms with van der Waals surface area (Å²) in [5, 5.41) is 0. The van der Waals surface area contributed by atoms with Crippen molar-refractivity contribution >= 4 is 10.4 Å². The molecule has 0 aliphatic carbocycles. The standard InChI is InChI=1S/C20H42O8S.Na/c1-4-7-8-9-10-11-12-13-14-15-20(28-29(21,22)23,26-18-16-24-5-2)27-19-17-25-6-3;/h4-19H2,1-3H3,(H,21,22,23);/q;+1/p-1. The van der Waals surface area contributed by atoms with Gasteiger partial charge in [-0.15, -0.1) is 0 Å². The van der Waals surface area contributed by atoms with E-state index in [4.69, 9.17) is 23.1 Å². The van der Waals surface area contributed by atoms with E-state index in [9.17, 15) is 13.0 Å². The zero-order chi connectivity index (χ0) is 21.8. The Morgan fingerprint density at radius 2 is 1.13 bits per heavy atom. The first-order valence-corrected chi connectivity index (χ1v) is 12.3. The van der Waals surface area contributed by atoms with Gasteiger partial charge in [0.05, 0.1) is 26.4 Å². The second-order valence-corrected chi connectivity index (χ2v) is 7.83. The molecule has 0 aromatic heterocycles. The van der Waals surface area contributed by atoms with Gasteiger partial charge in [0.15, 0.2) is 0 Å². The van der Waals surface area contributed by atoms with Gasteiger partial charge in [0, 0.05) is 19.6 Å². The first kappa shape index (κ1) is 32.9. The Balaban J connectivity index is 0. The fraction of sp³-hybridized carbons (Fsp3) is 1.00. The van der Waals surface area contributed by atoms with Gasteiger partial charge in [0.25, 0.3) is 5.97 Å². The molecule has 30 heavy (non-hydrogen) atoms. The molecule has 0 aliphatic heterocycles. The Morgan fingerprint density at radius 1 is 0.700 bits per heavy atom. The first-order chi connectivity index (χ1) is 13.9. The van der Waals surface area contributed by atoms with E-state index in [1.165, 1.54) is 32.1 Å². The van der Waals surface area contributed by atoms with Crippen LogP contribution in [0.2, 0.25) is 0 Å². The number of ether oxygens (including phenoxy) is 4. The third-order valence-electron chi connectivity index (χ3n) is 4.32. The van der Waals surface area contributed by atoms with Crippen molar-refractivity contribution in [2.24, 2.45) is 0 Å². The van der Waals surface area contributed by atoms with E-state index in [1.54, 1.807) is 0 Å². The van der Waals surface area contributed by atoms with Crippen molar-refractivity contribution in [3.05, 3.63) is 0 Å². The molecule has 0 rings (SSSR count). The number of unbranched alkanes of at least 4 members (excludes halogenated alkanes) is 8. The van der Waals surface area contributed by atoms with Gasteiger partial charge in [0.1, 0.15) is 0 Å². The van der Waals surface area contributed by atoms with Crippen molar-refractivity contribution in [3.8, 4) is 0 Å². The third kappa shape index (κ3) is 20.6. The van der Waals surface area contributed by atoms with E-state index >= 15 is 0 Å². The van der Waals surface area contributed by atoms with E-state index in [0.29, 0.717) is 19.6 Å². The zero-order valence-electron chi connectivity index (χ0n) is 19.5. The molecule has 0 fully saturated rings. The maximum absolute atomic E-state index is 11.3. The Hall–Kier alpha value is 0.710. The maximum Gasteiger partial charge on any atom is 1.00 e. The molecule has 0 heterocycles. The predicted octanol–water partition coefficient (Wildman–Crippen LogP) is 1.15. The molecule has 0 unspecified atom stereocenters. The van der Waals surface area contributed by atoms with Crippen LogP contribution in [0.5, 0.6) is 0 Å². The summed E-state index contributed by atoms with van der Waals surface area (Å²) in [5.41, 5.74) is 0. The van der Waals surface area contributed by atoms with Gasteiger partial charge in [-0.2, -0.15) is 0 Å². The van der Waals surface area contributed by atoms with Crippen LogP contribution in [0.1, 0.15) is 85.0 Å². The van der Waals surface area contributed by atoms with Crippen molar-refractivity contribution in [1.82, 2.24) is 0 Å². The van der Waals surface area contributed by atoms with E-state index in [1.807, 2.05) is 13.8 Å². The summed E-state index contributed by atoms with van der Waals surface area (Å²) in [6, 6.07) is 0. The average Bonchev–Trinajstić information content (AvgIpc) is 2.66. The molecule has 0 aromatic carbocycles. The normalized spacial score (nSPS) is 12.1. The van der Waals surface area contributed by atoms with E-state index in [2.05, 4.69) is 6.92 Å². The van der Waals surface area contributed by atoms with Gasteiger partial charge >= 0.3 is 29.6 Å². The SMILES string of the molecule is CCCCCCCCCCCC(OCCOCC)(OCCOCC)OS(=O)(=O)[O-].[Na+]. The second kappa shape index (κ2) is 21.6. The summed E-state index contributed by atoms with van der Waals surface area (Å²) in [5.74, 6) is -1.93. The molecule has 0 spiro atoms. The van der Waals surface area contributed by atoms with Crippen molar-refractivity contribution in [3.63, 3.8) is 0 Å². The Kier molecular flexibility index (Phi) is 23.6. The van der Waals surface area contributed by atoms with Gasteiger partial charge in [0.2, 0.25) is 10.4 Å². The predicted molar refractivity (Wildman–Crippen MR) is 110 cm³/mol. The first-order valence-electron chi connectivity index (χ1n) is 11.0. The van der Waals surface area contributed by atoms with Crippen LogP contribution in [0.4, 0.5) is 0 Å². The number of hydrogen-bond donors (Lipinski definition) is 0. The fourth-order valence-corrected chi connectivity index (χ4v) is 3.37. The second-order valence-electron chi connectivity index (χ2n) is 6.84. The number of hydrogen-bond acceptors (Lipinski definition) is 8. The van der Waals surface area contributed by atoms with Crippen LogP contribution in [-0.4, -0.2) is 58.6 Å². The molecule has 0 aromatic rings. The zero-order valence-corrected chi connectivity index (χ0v) is 22.3. The molecule has 0 saturated heterocycles. The molecule has 0 saturated carbocycles. The summed E-state index contributed by atoms with van der Waals surface area (Å²) in [4.78, 5) is 0. The van der Waals surface area contributed by atoms with Gasteiger partial charge in [-0.3, -0.25) is 0 Å². The summed E-state index contributed by atoms with van der Waals surface area (Å²) < 4.78 is 60.1. The summed E-state index contributed by atoms with van der Waals surface area (Å²) in [6.07, 6.45) is 10.0. The molecule has 0 radical (unpaired) electrons. The van der Waals surface area contributed by atoms with Crippen LogP contribution in [0, 0.1) is 0 Å². The van der Waals surface area contributed by atoms with Crippen molar-refractivity contribution in [2.75, 3.05) is 39.6 Å². The monoisotopic (exact) mass is 464 g/mol. The van der Waals surface area contributed by atoms with E-state index in [0.717, 1.165) is 19.3 Å². The summed E-state index contributed by atoms with van der Waals surface area (Å²) >= 11 is 0. The van der Waals surface area contributed by atoms with Crippen LogP contribution in [0.3, 0.4) is 0 Å². The Morgan fingerprint density at radius 3 is 1.53 bits per heavy atom. The molecular formula is C20H41NaO8S. The molecule has 10 heteroatoms. The molecule has 0 N–H and O–H groups in total. The van der Waals surface area contributed by atoms with Crippen LogP contribution in [0.25, 0.3) is 0 Å². The van der Waals surface area contributed by atoms with Crippen LogP contribution in [0.15, 0.2) is 0 Å². The Bertz CT molecular complexity index is 450. The topological polar surface area (TPSA) is 103 Å². The smallest absolute Gasteiger partial charge is 0.725 e. The van der Waals surface area contributed by atoms with Crippen LogP contribution < -0.4 is 29.6 Å². The minimum Gasteiger partial charge on any atom is -0.725 e. The number of rotatable bonds is 22. The van der Waals surface area contributed by atoms with E-state index < -0.39 is 16.4 Å². The quantitative estimate of drug-likeness (QED) is 0.0773. The van der Waals surface area contributed by atoms with Crippen molar-refractivity contribution in [2.45, 2.75) is 91.0 Å². The van der Waals surface area contributed by atoms with Gasteiger partial charge in [-0.25, -0.2) is 12.6 Å². The third-order valence-corrected chi connectivity index (χ3v) is 4.78. The average molecular weight is 465 g/mol. The van der Waals surface area contributed by atoms with Gasteiger partial charge in [-0.1, -0.05) is 58.3 Å². The molecule has 0 bridgehead atoms. The molecule has 8 nitrogen and oxygen atoms in total. The molecule has 176 valence electrons. The minimum absolute atomic E-state index is 0. The summed E-state index contributed by atoms with van der Waals surface area (Å²) in [6.45, 7) is 7.47. The molecular weight excluding hydrogens is 423 g/mol. The van der Waals surface area contributed by atoms with E-state index in [-0.39, 0.29) is 62.4 Å². The molecule has 0 aliphatic rings. The van der Waals surface area contributed by atoms with Crippen LogP contribution in [-0.2, 0) is 33.5 Å². The molecule has 0 amide bonds.